The summed E-state index contributed by atoms with van der Waals surface area (Å²) in [6.45, 7) is -1.26. The maximum absolute atomic E-state index is 12.3. The van der Waals surface area contributed by atoms with Crippen LogP contribution in [0.25, 0.3) is 0 Å². The van der Waals surface area contributed by atoms with Crippen molar-refractivity contribution in [3.8, 4) is 5.75 Å². The van der Waals surface area contributed by atoms with Crippen LogP contribution in [0.15, 0.2) is 34.1 Å². The maximum atomic E-state index is 12.3. The third kappa shape index (κ3) is 4.64. The average molecular weight is 331 g/mol. The standard InChI is InChI=1S/C12H11F2N3O2S2/c1-7(21-12-17-15-6-20-12)10(18)16-8-4-2-3-5-9(8)19-11(13)14/h2-7,11H,1H3,(H,16,18)/t7-/m1/s1. The largest absolute Gasteiger partial charge is 0.433 e. The summed E-state index contributed by atoms with van der Waals surface area (Å²) in [6, 6.07) is 6.03. The van der Waals surface area contributed by atoms with Gasteiger partial charge in [-0.3, -0.25) is 4.79 Å². The van der Waals surface area contributed by atoms with Crippen LogP contribution in [0, 0.1) is 0 Å². The topological polar surface area (TPSA) is 64.1 Å². The summed E-state index contributed by atoms with van der Waals surface area (Å²) in [4.78, 5) is 12.1. The van der Waals surface area contributed by atoms with Crippen molar-refractivity contribution in [2.75, 3.05) is 5.32 Å². The van der Waals surface area contributed by atoms with E-state index in [1.807, 2.05) is 0 Å². The fourth-order valence-electron chi connectivity index (χ4n) is 1.42. The van der Waals surface area contributed by atoms with E-state index < -0.39 is 11.9 Å². The van der Waals surface area contributed by atoms with Crippen molar-refractivity contribution < 1.29 is 18.3 Å². The molecule has 1 aromatic carbocycles. The molecule has 21 heavy (non-hydrogen) atoms. The minimum Gasteiger partial charge on any atom is -0.433 e. The molecule has 1 heterocycles. The number of halogens is 2. The molecule has 1 atom stereocenters. The Hall–Kier alpha value is -1.74. The Bertz CT molecular complexity index is 596. The van der Waals surface area contributed by atoms with Gasteiger partial charge in [0.15, 0.2) is 4.34 Å². The SMILES string of the molecule is C[C@@H](Sc1nncs1)C(=O)Nc1ccccc1OC(F)F. The molecule has 0 aliphatic rings. The fraction of sp³-hybridized carbons (Fsp3) is 0.250. The number of carbonyl (C=O) groups excluding carboxylic acids is 1. The highest BCUT2D eigenvalue weighted by Gasteiger charge is 2.18. The lowest BCUT2D eigenvalue weighted by molar-refractivity contribution is -0.115. The number of rotatable bonds is 6. The number of carbonyl (C=O) groups is 1. The highest BCUT2D eigenvalue weighted by atomic mass is 32.2. The van der Waals surface area contributed by atoms with Crippen molar-refractivity contribution in [2.24, 2.45) is 0 Å². The molecular weight excluding hydrogens is 320 g/mol. The molecule has 0 fully saturated rings. The van der Waals surface area contributed by atoms with E-state index in [1.54, 1.807) is 24.6 Å². The maximum Gasteiger partial charge on any atom is 0.387 e. The number of thioether (sulfide) groups is 1. The molecule has 1 aromatic heterocycles. The molecule has 9 heteroatoms. The third-order valence-electron chi connectivity index (χ3n) is 2.35. The van der Waals surface area contributed by atoms with Gasteiger partial charge in [0, 0.05) is 0 Å². The van der Waals surface area contributed by atoms with Gasteiger partial charge < -0.3 is 10.1 Å². The molecule has 1 N–H and O–H groups in total. The first-order chi connectivity index (χ1) is 10.1. The second-order valence-electron chi connectivity index (χ2n) is 3.83. The second-order valence-corrected chi connectivity index (χ2v) is 6.25. The van der Waals surface area contributed by atoms with E-state index in [4.69, 9.17) is 0 Å². The Balaban J connectivity index is 2.02. The van der Waals surface area contributed by atoms with Crippen molar-refractivity contribution >= 4 is 34.7 Å². The zero-order valence-corrected chi connectivity index (χ0v) is 12.5. The molecule has 0 aliphatic carbocycles. The lowest BCUT2D eigenvalue weighted by Crippen LogP contribution is -2.23. The van der Waals surface area contributed by atoms with Gasteiger partial charge in [-0.2, -0.15) is 8.78 Å². The van der Waals surface area contributed by atoms with E-state index in [9.17, 15) is 13.6 Å². The van der Waals surface area contributed by atoms with Crippen molar-refractivity contribution in [1.82, 2.24) is 10.2 Å². The van der Waals surface area contributed by atoms with E-state index >= 15 is 0 Å². The van der Waals surface area contributed by atoms with Gasteiger partial charge in [0.2, 0.25) is 5.91 Å². The third-order valence-corrected chi connectivity index (χ3v) is 4.26. The summed E-state index contributed by atoms with van der Waals surface area (Å²) in [7, 11) is 0. The molecule has 2 rings (SSSR count). The summed E-state index contributed by atoms with van der Waals surface area (Å²) in [5.41, 5.74) is 1.77. The molecule has 1 amide bonds. The first kappa shape index (κ1) is 15.6. The smallest absolute Gasteiger partial charge is 0.387 e. The average Bonchev–Trinajstić information content (AvgIpc) is 2.93. The van der Waals surface area contributed by atoms with Crippen LogP contribution in [0.4, 0.5) is 14.5 Å². The van der Waals surface area contributed by atoms with Gasteiger partial charge in [0.05, 0.1) is 10.9 Å². The molecular formula is C12H11F2N3O2S2. The second kappa shape index (κ2) is 7.32. The minimum atomic E-state index is -2.95. The molecule has 0 spiro atoms. The van der Waals surface area contributed by atoms with Gasteiger partial charge in [-0.1, -0.05) is 35.2 Å². The first-order valence-corrected chi connectivity index (χ1v) is 7.59. The number of para-hydroxylation sites is 2. The molecule has 0 saturated carbocycles. The van der Waals surface area contributed by atoms with Crippen LogP contribution >= 0.6 is 23.1 Å². The van der Waals surface area contributed by atoms with Crippen LogP contribution in [-0.4, -0.2) is 28.0 Å². The number of anilines is 1. The molecule has 2 aromatic rings. The quantitative estimate of drug-likeness (QED) is 0.823. The normalized spacial score (nSPS) is 12.2. The summed E-state index contributed by atoms with van der Waals surface area (Å²) in [5, 5.41) is 9.63. The van der Waals surface area contributed by atoms with Crippen molar-refractivity contribution in [2.45, 2.75) is 23.1 Å². The number of nitrogens with one attached hydrogen (secondary N) is 1. The number of benzene rings is 1. The van der Waals surface area contributed by atoms with Crippen molar-refractivity contribution in [3.63, 3.8) is 0 Å². The summed E-state index contributed by atoms with van der Waals surface area (Å²) >= 11 is 2.56. The zero-order chi connectivity index (χ0) is 15.2. The number of hydrogen-bond donors (Lipinski definition) is 1. The van der Waals surface area contributed by atoms with E-state index in [2.05, 4.69) is 20.3 Å². The molecule has 0 radical (unpaired) electrons. The Morgan fingerprint density at radius 3 is 2.86 bits per heavy atom. The molecule has 0 unspecified atom stereocenters. The number of ether oxygens (including phenoxy) is 1. The number of alkyl halides is 2. The Kier molecular flexibility index (Phi) is 5.45. The van der Waals surface area contributed by atoms with E-state index in [1.165, 1.54) is 35.2 Å². The monoisotopic (exact) mass is 331 g/mol. The number of nitrogens with zero attached hydrogens (tertiary/aromatic N) is 2. The molecule has 5 nitrogen and oxygen atoms in total. The van der Waals surface area contributed by atoms with Crippen molar-refractivity contribution in [1.29, 1.82) is 0 Å². The highest BCUT2D eigenvalue weighted by Crippen LogP contribution is 2.28. The molecule has 0 saturated heterocycles. The Labute approximate surface area is 127 Å². The predicted octanol–water partition coefficient (Wildman–Crippen LogP) is 3.26. The molecule has 112 valence electrons. The van der Waals surface area contributed by atoms with E-state index in [0.717, 1.165) is 0 Å². The minimum absolute atomic E-state index is 0.0750. The summed E-state index contributed by atoms with van der Waals surface area (Å²) in [5.74, 6) is -0.408. The van der Waals surface area contributed by atoms with Crippen LogP contribution in [0.1, 0.15) is 6.92 Å². The summed E-state index contributed by atoms with van der Waals surface area (Å²) in [6.07, 6.45) is 0. The van der Waals surface area contributed by atoms with Crippen molar-refractivity contribution in [3.05, 3.63) is 29.8 Å². The van der Waals surface area contributed by atoms with Crippen LogP contribution in [0.3, 0.4) is 0 Å². The van der Waals surface area contributed by atoms with Crippen LogP contribution in [-0.2, 0) is 4.79 Å². The zero-order valence-electron chi connectivity index (χ0n) is 10.8. The van der Waals surface area contributed by atoms with E-state index in [-0.39, 0.29) is 17.3 Å². The van der Waals surface area contributed by atoms with Gasteiger partial charge in [0.1, 0.15) is 11.3 Å². The van der Waals surface area contributed by atoms with Crippen LogP contribution in [0.5, 0.6) is 5.75 Å². The van der Waals surface area contributed by atoms with Crippen LogP contribution < -0.4 is 10.1 Å². The highest BCUT2D eigenvalue weighted by molar-refractivity contribution is 8.02. The molecule has 0 aliphatic heterocycles. The number of hydrogen-bond acceptors (Lipinski definition) is 6. The van der Waals surface area contributed by atoms with Gasteiger partial charge in [-0.25, -0.2) is 0 Å². The fourth-order valence-corrected chi connectivity index (χ4v) is 3.05. The van der Waals surface area contributed by atoms with Gasteiger partial charge >= 0.3 is 6.61 Å². The van der Waals surface area contributed by atoms with Gasteiger partial charge in [-0.05, 0) is 19.1 Å². The lowest BCUT2D eigenvalue weighted by Gasteiger charge is -2.14. The Morgan fingerprint density at radius 1 is 1.43 bits per heavy atom. The van der Waals surface area contributed by atoms with Crippen LogP contribution in [0.2, 0.25) is 0 Å². The first-order valence-electron chi connectivity index (χ1n) is 5.84. The summed E-state index contributed by atoms with van der Waals surface area (Å²) < 4.78 is 29.6. The number of aromatic nitrogens is 2. The van der Waals surface area contributed by atoms with Gasteiger partial charge in [-0.15, -0.1) is 10.2 Å². The van der Waals surface area contributed by atoms with E-state index in [0.29, 0.717) is 4.34 Å². The lowest BCUT2D eigenvalue weighted by atomic mass is 10.3. The number of amides is 1. The Morgan fingerprint density at radius 2 is 2.19 bits per heavy atom. The predicted molar refractivity (Wildman–Crippen MR) is 76.9 cm³/mol. The van der Waals surface area contributed by atoms with Gasteiger partial charge in [0.25, 0.3) is 0 Å². The molecule has 0 bridgehead atoms.